The van der Waals surface area contributed by atoms with Gasteiger partial charge >= 0.3 is 0 Å². The minimum Gasteiger partial charge on any atom is -0.0894 e. The van der Waals surface area contributed by atoms with Crippen molar-refractivity contribution in [3.8, 4) is 0 Å². The lowest BCUT2D eigenvalue weighted by molar-refractivity contribution is 0.274. The summed E-state index contributed by atoms with van der Waals surface area (Å²) in [4.78, 5) is 0.719. The van der Waals surface area contributed by atoms with Gasteiger partial charge in [-0.2, -0.15) is 0 Å². The first-order valence-corrected chi connectivity index (χ1v) is 6.24. The fourth-order valence-corrected chi connectivity index (χ4v) is 2.35. The molecule has 0 aromatic carbocycles. The van der Waals surface area contributed by atoms with Gasteiger partial charge in [0.05, 0.1) is 0 Å². The molecule has 0 bridgehead atoms. The molecule has 0 aromatic rings. The molecule has 1 aliphatic rings. The largest absolute Gasteiger partial charge is 0.0894 e. The molecular formula is C11H21Br. The average Bonchev–Trinajstić information content (AvgIpc) is 2.03. The summed E-state index contributed by atoms with van der Waals surface area (Å²) in [6.07, 6.45) is 8.72. The molecule has 1 rings (SSSR count). The number of halogens is 1. The molecule has 1 atom stereocenters. The first kappa shape index (κ1) is 10.6. The smallest absolute Gasteiger partial charge is 0.0117 e. The Hall–Kier alpha value is 0.480. The second-order valence-corrected chi connectivity index (χ2v) is 6.05. The minimum atomic E-state index is 0.719. The second-order valence-electron chi connectivity index (χ2n) is 4.48. The summed E-state index contributed by atoms with van der Waals surface area (Å²) in [5, 5.41) is 0. The highest BCUT2D eigenvalue weighted by atomic mass is 79.9. The van der Waals surface area contributed by atoms with Crippen LogP contribution in [0.1, 0.15) is 52.4 Å². The number of alkyl halides is 1. The molecule has 1 fully saturated rings. The summed E-state index contributed by atoms with van der Waals surface area (Å²) < 4.78 is 0. The molecule has 1 heteroatoms. The maximum Gasteiger partial charge on any atom is 0.0117 e. The van der Waals surface area contributed by atoms with E-state index in [0.29, 0.717) is 0 Å². The molecule has 0 heterocycles. The monoisotopic (exact) mass is 232 g/mol. The highest BCUT2D eigenvalue weighted by molar-refractivity contribution is 9.09. The van der Waals surface area contributed by atoms with Crippen LogP contribution in [0.3, 0.4) is 0 Å². The highest BCUT2D eigenvalue weighted by Crippen LogP contribution is 2.31. The van der Waals surface area contributed by atoms with Crippen LogP contribution < -0.4 is 0 Å². The van der Waals surface area contributed by atoms with Crippen LogP contribution in [0.25, 0.3) is 0 Å². The van der Waals surface area contributed by atoms with Crippen molar-refractivity contribution in [1.82, 2.24) is 0 Å². The molecule has 1 unspecified atom stereocenters. The lowest BCUT2D eigenvalue weighted by atomic mass is 9.81. The van der Waals surface area contributed by atoms with Gasteiger partial charge < -0.3 is 0 Å². The van der Waals surface area contributed by atoms with E-state index < -0.39 is 0 Å². The van der Waals surface area contributed by atoms with Gasteiger partial charge in [0.1, 0.15) is 0 Å². The van der Waals surface area contributed by atoms with Crippen molar-refractivity contribution in [2.24, 2.45) is 11.8 Å². The van der Waals surface area contributed by atoms with Gasteiger partial charge in [-0.3, -0.25) is 0 Å². The molecule has 0 N–H and O–H groups in total. The lowest BCUT2D eigenvalue weighted by Crippen LogP contribution is -2.13. The molecule has 0 spiro atoms. The standard InChI is InChI=1S/C11H21Br/c1-9-3-6-11(7-4-9)8-5-10(2)12/h9-11H,3-8H2,1-2H3. The lowest BCUT2D eigenvalue weighted by Gasteiger charge is -2.26. The molecule has 0 amide bonds. The second kappa shape index (κ2) is 5.26. The first-order chi connectivity index (χ1) is 5.68. The van der Waals surface area contributed by atoms with Crippen LogP contribution in [0.4, 0.5) is 0 Å². The zero-order valence-corrected chi connectivity index (χ0v) is 9.94. The van der Waals surface area contributed by atoms with Crippen LogP contribution in [0.5, 0.6) is 0 Å². The predicted octanol–water partition coefficient (Wildman–Crippen LogP) is 4.38. The van der Waals surface area contributed by atoms with Gasteiger partial charge in [-0.05, 0) is 24.7 Å². The SMILES string of the molecule is CC(Br)CCC1CCC(C)CC1. The zero-order chi connectivity index (χ0) is 8.97. The molecule has 1 aliphatic carbocycles. The van der Waals surface area contributed by atoms with Gasteiger partial charge in [0, 0.05) is 4.83 Å². The topological polar surface area (TPSA) is 0 Å². The quantitative estimate of drug-likeness (QED) is 0.634. The first-order valence-electron chi connectivity index (χ1n) is 5.32. The average molecular weight is 233 g/mol. The van der Waals surface area contributed by atoms with Crippen LogP contribution in [-0.4, -0.2) is 4.83 Å². The van der Waals surface area contributed by atoms with E-state index in [0.717, 1.165) is 16.7 Å². The Morgan fingerprint density at radius 1 is 1.25 bits per heavy atom. The number of hydrogen-bond acceptors (Lipinski definition) is 0. The summed E-state index contributed by atoms with van der Waals surface area (Å²) in [6, 6.07) is 0. The highest BCUT2D eigenvalue weighted by Gasteiger charge is 2.17. The molecule has 0 aromatic heterocycles. The van der Waals surface area contributed by atoms with Gasteiger partial charge in [-0.1, -0.05) is 55.5 Å². The molecule has 1 saturated carbocycles. The fraction of sp³-hybridized carbons (Fsp3) is 1.00. The fourth-order valence-electron chi connectivity index (χ4n) is 2.08. The summed E-state index contributed by atoms with van der Waals surface area (Å²) in [5.74, 6) is 2.05. The van der Waals surface area contributed by atoms with E-state index >= 15 is 0 Å². The van der Waals surface area contributed by atoms with E-state index in [-0.39, 0.29) is 0 Å². The Morgan fingerprint density at radius 2 is 1.83 bits per heavy atom. The molecule has 0 saturated heterocycles. The van der Waals surface area contributed by atoms with Crippen molar-refractivity contribution in [3.63, 3.8) is 0 Å². The third-order valence-corrected chi connectivity index (χ3v) is 3.57. The van der Waals surface area contributed by atoms with Crippen molar-refractivity contribution in [2.45, 2.75) is 57.2 Å². The maximum atomic E-state index is 3.61. The molecule has 0 nitrogen and oxygen atoms in total. The Bertz CT molecular complexity index is 112. The van der Waals surface area contributed by atoms with Gasteiger partial charge in [0.2, 0.25) is 0 Å². The van der Waals surface area contributed by atoms with Crippen LogP contribution in [-0.2, 0) is 0 Å². The van der Waals surface area contributed by atoms with Crippen molar-refractivity contribution >= 4 is 15.9 Å². The molecule has 12 heavy (non-hydrogen) atoms. The van der Waals surface area contributed by atoms with Gasteiger partial charge in [0.15, 0.2) is 0 Å². The van der Waals surface area contributed by atoms with E-state index in [1.165, 1.54) is 38.5 Å². The van der Waals surface area contributed by atoms with Crippen LogP contribution in [0.15, 0.2) is 0 Å². The Morgan fingerprint density at radius 3 is 2.33 bits per heavy atom. The van der Waals surface area contributed by atoms with E-state index in [4.69, 9.17) is 0 Å². The summed E-state index contributed by atoms with van der Waals surface area (Å²) >= 11 is 3.61. The molecule has 0 aliphatic heterocycles. The molecule has 72 valence electrons. The van der Waals surface area contributed by atoms with E-state index in [1.54, 1.807) is 0 Å². The Labute approximate surface area is 85.3 Å². The summed E-state index contributed by atoms with van der Waals surface area (Å²) in [6.45, 7) is 4.65. The minimum absolute atomic E-state index is 0.719. The van der Waals surface area contributed by atoms with Crippen molar-refractivity contribution in [1.29, 1.82) is 0 Å². The number of rotatable bonds is 3. The summed E-state index contributed by atoms with van der Waals surface area (Å²) in [7, 11) is 0. The predicted molar refractivity (Wildman–Crippen MR) is 58.7 cm³/mol. The van der Waals surface area contributed by atoms with Gasteiger partial charge in [-0.25, -0.2) is 0 Å². The van der Waals surface area contributed by atoms with E-state index in [9.17, 15) is 0 Å². The Kier molecular flexibility index (Phi) is 4.63. The van der Waals surface area contributed by atoms with Crippen molar-refractivity contribution in [2.75, 3.05) is 0 Å². The Balaban J connectivity index is 2.09. The van der Waals surface area contributed by atoms with E-state index in [1.807, 2.05) is 0 Å². The molecule has 0 radical (unpaired) electrons. The van der Waals surface area contributed by atoms with Gasteiger partial charge in [-0.15, -0.1) is 0 Å². The van der Waals surface area contributed by atoms with Gasteiger partial charge in [0.25, 0.3) is 0 Å². The third-order valence-electron chi connectivity index (χ3n) is 3.11. The molecular weight excluding hydrogens is 212 g/mol. The maximum absolute atomic E-state index is 3.61. The van der Waals surface area contributed by atoms with Crippen molar-refractivity contribution < 1.29 is 0 Å². The number of hydrogen-bond donors (Lipinski definition) is 0. The third kappa shape index (κ3) is 3.93. The zero-order valence-electron chi connectivity index (χ0n) is 8.35. The van der Waals surface area contributed by atoms with Crippen LogP contribution in [0, 0.1) is 11.8 Å². The summed E-state index contributed by atoms with van der Waals surface area (Å²) in [5.41, 5.74) is 0. The van der Waals surface area contributed by atoms with E-state index in [2.05, 4.69) is 29.8 Å². The van der Waals surface area contributed by atoms with Crippen LogP contribution in [0.2, 0.25) is 0 Å². The van der Waals surface area contributed by atoms with Crippen LogP contribution >= 0.6 is 15.9 Å². The normalized spacial score (nSPS) is 33.2. The van der Waals surface area contributed by atoms with Crippen molar-refractivity contribution in [3.05, 3.63) is 0 Å².